The number of anilines is 1. The molecule has 0 atom stereocenters. The summed E-state index contributed by atoms with van der Waals surface area (Å²) in [5.41, 5.74) is 0.855. The van der Waals surface area contributed by atoms with Crippen molar-refractivity contribution in [2.45, 2.75) is 11.4 Å². The molecular weight excluding hydrogens is 314 g/mol. The molecule has 23 heavy (non-hydrogen) atoms. The van der Waals surface area contributed by atoms with Crippen molar-refractivity contribution in [2.24, 2.45) is 0 Å². The van der Waals surface area contributed by atoms with Gasteiger partial charge in [-0.05, 0) is 18.2 Å². The molecule has 3 rings (SSSR count). The molecule has 122 valence electrons. The van der Waals surface area contributed by atoms with Crippen LogP contribution in [-0.2, 0) is 21.3 Å². The van der Waals surface area contributed by atoms with Crippen molar-refractivity contribution < 1.29 is 13.2 Å². The van der Waals surface area contributed by atoms with Gasteiger partial charge in [0.25, 0.3) is 0 Å². The van der Waals surface area contributed by atoms with Gasteiger partial charge < -0.3 is 9.64 Å². The summed E-state index contributed by atoms with van der Waals surface area (Å²) in [5, 5.41) is 0. The van der Waals surface area contributed by atoms with E-state index in [1.54, 1.807) is 36.5 Å². The third-order valence-corrected chi connectivity index (χ3v) is 5.10. The van der Waals surface area contributed by atoms with Crippen molar-refractivity contribution >= 4 is 15.8 Å². The number of ether oxygens (including phenoxy) is 1. The van der Waals surface area contributed by atoms with E-state index in [4.69, 9.17) is 4.74 Å². The Morgan fingerprint density at radius 2 is 1.83 bits per heavy atom. The van der Waals surface area contributed by atoms with E-state index in [9.17, 15) is 8.42 Å². The molecule has 1 aromatic heterocycles. The maximum Gasteiger partial charge on any atom is 0.240 e. The van der Waals surface area contributed by atoms with Crippen molar-refractivity contribution in [3.63, 3.8) is 0 Å². The average molecular weight is 333 g/mol. The lowest BCUT2D eigenvalue weighted by Crippen LogP contribution is -2.37. The van der Waals surface area contributed by atoms with Crippen LogP contribution in [0.2, 0.25) is 0 Å². The van der Waals surface area contributed by atoms with E-state index in [1.165, 1.54) is 0 Å². The molecule has 0 amide bonds. The Labute approximate surface area is 136 Å². The molecule has 1 saturated heterocycles. The van der Waals surface area contributed by atoms with Crippen LogP contribution in [0.4, 0.5) is 5.82 Å². The second-order valence-electron chi connectivity index (χ2n) is 5.22. The number of hydrogen-bond acceptors (Lipinski definition) is 5. The molecule has 6 nitrogen and oxygen atoms in total. The lowest BCUT2D eigenvalue weighted by atomic mass is 10.2. The monoisotopic (exact) mass is 333 g/mol. The molecule has 2 heterocycles. The number of pyridine rings is 1. The van der Waals surface area contributed by atoms with E-state index in [1.807, 2.05) is 12.1 Å². The number of sulfonamides is 1. The number of aromatic nitrogens is 1. The fraction of sp³-hybridized carbons (Fsp3) is 0.312. The van der Waals surface area contributed by atoms with Gasteiger partial charge in [0.2, 0.25) is 10.0 Å². The molecule has 0 unspecified atom stereocenters. The van der Waals surface area contributed by atoms with Gasteiger partial charge in [-0.2, -0.15) is 0 Å². The van der Waals surface area contributed by atoms with Crippen molar-refractivity contribution in [1.29, 1.82) is 0 Å². The van der Waals surface area contributed by atoms with Crippen molar-refractivity contribution in [3.8, 4) is 0 Å². The molecule has 1 fully saturated rings. The van der Waals surface area contributed by atoms with Gasteiger partial charge in [0.15, 0.2) is 0 Å². The number of morpholine rings is 1. The van der Waals surface area contributed by atoms with E-state index >= 15 is 0 Å². The van der Waals surface area contributed by atoms with E-state index in [0.29, 0.717) is 13.2 Å². The first kappa shape index (κ1) is 15.9. The van der Waals surface area contributed by atoms with Crippen molar-refractivity contribution in [2.75, 3.05) is 31.2 Å². The molecule has 0 bridgehead atoms. The predicted molar refractivity (Wildman–Crippen MR) is 87.7 cm³/mol. The first-order valence-electron chi connectivity index (χ1n) is 7.48. The second-order valence-corrected chi connectivity index (χ2v) is 6.99. The highest BCUT2D eigenvalue weighted by molar-refractivity contribution is 7.89. The van der Waals surface area contributed by atoms with E-state index < -0.39 is 10.0 Å². The van der Waals surface area contributed by atoms with Gasteiger partial charge in [0, 0.05) is 31.4 Å². The molecule has 2 aromatic rings. The van der Waals surface area contributed by atoms with Crippen LogP contribution < -0.4 is 9.62 Å². The van der Waals surface area contributed by atoms with E-state index in [2.05, 4.69) is 14.6 Å². The molecule has 7 heteroatoms. The molecule has 0 saturated carbocycles. The quantitative estimate of drug-likeness (QED) is 0.895. The van der Waals surface area contributed by atoms with E-state index in [0.717, 1.165) is 24.5 Å². The smallest absolute Gasteiger partial charge is 0.240 e. The minimum atomic E-state index is -3.53. The summed E-state index contributed by atoms with van der Waals surface area (Å²) in [4.78, 5) is 6.79. The number of nitrogens with zero attached hydrogens (tertiary/aromatic N) is 2. The zero-order valence-corrected chi connectivity index (χ0v) is 13.5. The summed E-state index contributed by atoms with van der Waals surface area (Å²) in [6, 6.07) is 12.1. The predicted octanol–water partition coefficient (Wildman–Crippen LogP) is 1.40. The highest BCUT2D eigenvalue weighted by Gasteiger charge is 2.18. The topological polar surface area (TPSA) is 71.5 Å². The molecule has 0 radical (unpaired) electrons. The van der Waals surface area contributed by atoms with Crippen LogP contribution in [0.15, 0.2) is 53.6 Å². The fourth-order valence-corrected chi connectivity index (χ4v) is 3.51. The number of nitrogens with one attached hydrogen (secondary N) is 1. The van der Waals surface area contributed by atoms with Gasteiger partial charge in [-0.3, -0.25) is 0 Å². The number of benzene rings is 1. The summed E-state index contributed by atoms with van der Waals surface area (Å²) in [5.74, 6) is 0.812. The summed E-state index contributed by atoms with van der Waals surface area (Å²) in [6.45, 7) is 3.04. The molecule has 1 aromatic carbocycles. The van der Waals surface area contributed by atoms with Gasteiger partial charge in [-0.1, -0.05) is 24.3 Å². The van der Waals surface area contributed by atoms with Gasteiger partial charge in [0.05, 0.1) is 18.1 Å². The Hall–Kier alpha value is -1.96. The number of rotatable bonds is 5. The first-order valence-corrected chi connectivity index (χ1v) is 8.96. The molecule has 0 aliphatic carbocycles. The summed E-state index contributed by atoms with van der Waals surface area (Å²) < 4.78 is 32.7. The molecular formula is C16H19N3O3S. The second kappa shape index (κ2) is 7.08. The van der Waals surface area contributed by atoms with Gasteiger partial charge in [0.1, 0.15) is 5.82 Å². The maximum atomic E-state index is 12.3. The van der Waals surface area contributed by atoms with Gasteiger partial charge in [-0.15, -0.1) is 0 Å². The Bertz CT molecular complexity index is 744. The lowest BCUT2D eigenvalue weighted by Gasteiger charge is -2.29. The zero-order chi connectivity index (χ0) is 16.1. The van der Waals surface area contributed by atoms with E-state index in [-0.39, 0.29) is 11.4 Å². The highest BCUT2D eigenvalue weighted by atomic mass is 32.2. The van der Waals surface area contributed by atoms with Crippen LogP contribution in [0.1, 0.15) is 5.56 Å². The SMILES string of the molecule is O=S(=O)(NCc1cccnc1N1CCOCC1)c1ccccc1. The summed E-state index contributed by atoms with van der Waals surface area (Å²) >= 11 is 0. The Morgan fingerprint density at radius 1 is 1.09 bits per heavy atom. The van der Waals surface area contributed by atoms with Crippen molar-refractivity contribution in [1.82, 2.24) is 9.71 Å². The van der Waals surface area contributed by atoms with Crippen molar-refractivity contribution in [3.05, 3.63) is 54.2 Å². The summed E-state index contributed by atoms with van der Waals surface area (Å²) in [6.07, 6.45) is 1.72. The summed E-state index contributed by atoms with van der Waals surface area (Å²) in [7, 11) is -3.53. The minimum Gasteiger partial charge on any atom is -0.378 e. The third-order valence-electron chi connectivity index (χ3n) is 3.68. The third kappa shape index (κ3) is 3.87. The standard InChI is InChI=1S/C16H19N3O3S/c20-23(21,15-6-2-1-3-7-15)18-13-14-5-4-8-17-16(14)19-9-11-22-12-10-19/h1-8,18H,9-13H2. The van der Waals surface area contributed by atoms with Gasteiger partial charge >= 0.3 is 0 Å². The largest absolute Gasteiger partial charge is 0.378 e. The normalized spacial score (nSPS) is 15.6. The minimum absolute atomic E-state index is 0.206. The zero-order valence-electron chi connectivity index (χ0n) is 12.7. The van der Waals surface area contributed by atoms with Crippen LogP contribution in [0.3, 0.4) is 0 Å². The van der Waals surface area contributed by atoms with Crippen LogP contribution in [0.25, 0.3) is 0 Å². The van der Waals surface area contributed by atoms with Crippen LogP contribution >= 0.6 is 0 Å². The molecule has 1 aliphatic heterocycles. The average Bonchev–Trinajstić information content (AvgIpc) is 2.62. The van der Waals surface area contributed by atoms with Crippen LogP contribution in [0.5, 0.6) is 0 Å². The molecule has 0 spiro atoms. The van der Waals surface area contributed by atoms with Gasteiger partial charge in [-0.25, -0.2) is 18.1 Å². The Balaban J connectivity index is 1.76. The molecule has 1 aliphatic rings. The first-order chi connectivity index (χ1) is 11.2. The number of hydrogen-bond donors (Lipinski definition) is 1. The fourth-order valence-electron chi connectivity index (χ4n) is 2.48. The Kier molecular flexibility index (Phi) is 4.90. The van der Waals surface area contributed by atoms with Crippen LogP contribution in [-0.4, -0.2) is 39.7 Å². The highest BCUT2D eigenvalue weighted by Crippen LogP contribution is 2.19. The maximum absolute atomic E-state index is 12.3. The molecule has 1 N–H and O–H groups in total. The Morgan fingerprint density at radius 3 is 2.57 bits per heavy atom. The van der Waals surface area contributed by atoms with Crippen LogP contribution in [0, 0.1) is 0 Å². The lowest BCUT2D eigenvalue weighted by molar-refractivity contribution is 0.122.